The lowest BCUT2D eigenvalue weighted by Crippen LogP contribution is -2.06. The second-order valence-electron chi connectivity index (χ2n) is 2.86. The van der Waals surface area contributed by atoms with Gasteiger partial charge in [0, 0.05) is 23.9 Å². The van der Waals surface area contributed by atoms with Gasteiger partial charge in [-0.25, -0.2) is 0 Å². The number of benzene rings is 1. The Morgan fingerprint density at radius 2 is 2.20 bits per heavy atom. The number of nitrogens with two attached hydrogens (primary N) is 1. The van der Waals surface area contributed by atoms with Crippen LogP contribution in [0.25, 0.3) is 0 Å². The molecule has 0 unspecified atom stereocenters. The Balaban J connectivity index is 3.15. The topological polar surface area (TPSA) is 86.2 Å². The van der Waals surface area contributed by atoms with E-state index in [1.807, 2.05) is 0 Å². The number of Topliss-reactive ketones (excluding diaryl/α,β-unsaturated/α-hetero) is 1. The van der Waals surface area contributed by atoms with Gasteiger partial charge in [0.25, 0.3) is 5.69 Å². The number of carbonyl (C=O) groups excluding carboxylic acids is 1. The number of nitro groups is 1. The van der Waals surface area contributed by atoms with E-state index >= 15 is 0 Å². The Bertz CT molecular complexity index is 406. The number of rotatable bonds is 4. The van der Waals surface area contributed by atoms with E-state index in [0.29, 0.717) is 0 Å². The van der Waals surface area contributed by atoms with Crippen molar-refractivity contribution in [2.24, 2.45) is 0 Å². The van der Waals surface area contributed by atoms with Crippen molar-refractivity contribution < 1.29 is 9.72 Å². The predicted molar refractivity (Wildman–Crippen MR) is 57.2 cm³/mol. The number of alkyl halides is 1. The largest absolute Gasteiger partial charge is 0.393 e. The van der Waals surface area contributed by atoms with Crippen molar-refractivity contribution in [1.29, 1.82) is 0 Å². The fraction of sp³-hybridized carbons (Fsp3) is 0.222. The Morgan fingerprint density at radius 3 is 2.73 bits per heavy atom. The van der Waals surface area contributed by atoms with Crippen LogP contribution in [0.5, 0.6) is 0 Å². The highest BCUT2D eigenvalue weighted by Crippen LogP contribution is 2.25. The standard InChI is InChI=1S/C9H9ClN2O3/c10-5-4-8(13)6-2-1-3-7(9(6)11)12(14)15/h1-3H,4-5,11H2. The summed E-state index contributed by atoms with van der Waals surface area (Å²) in [4.78, 5) is 21.4. The Kier molecular flexibility index (Phi) is 3.62. The number of nitrogens with zero attached hydrogens (tertiary/aromatic N) is 1. The third kappa shape index (κ3) is 2.44. The minimum atomic E-state index is -0.618. The number of halogens is 1. The highest BCUT2D eigenvalue weighted by atomic mass is 35.5. The number of anilines is 1. The summed E-state index contributed by atoms with van der Waals surface area (Å²) in [6.07, 6.45) is 0.118. The molecule has 0 amide bonds. The lowest BCUT2D eigenvalue weighted by molar-refractivity contribution is -0.383. The number of hydrogen-bond donors (Lipinski definition) is 1. The molecule has 1 aromatic rings. The van der Waals surface area contributed by atoms with Crippen molar-refractivity contribution in [3.05, 3.63) is 33.9 Å². The lowest BCUT2D eigenvalue weighted by Gasteiger charge is -2.03. The molecule has 5 nitrogen and oxygen atoms in total. The summed E-state index contributed by atoms with van der Waals surface area (Å²) < 4.78 is 0. The third-order valence-corrected chi connectivity index (χ3v) is 2.09. The molecule has 0 bridgehead atoms. The zero-order chi connectivity index (χ0) is 11.4. The van der Waals surface area contributed by atoms with Gasteiger partial charge in [0.2, 0.25) is 0 Å². The van der Waals surface area contributed by atoms with Crippen LogP contribution in [0.3, 0.4) is 0 Å². The molecule has 0 saturated carbocycles. The molecule has 0 aliphatic rings. The first-order valence-corrected chi connectivity index (χ1v) is 4.73. The summed E-state index contributed by atoms with van der Waals surface area (Å²) in [5.74, 6) is -0.118. The van der Waals surface area contributed by atoms with Crippen LogP contribution in [-0.2, 0) is 0 Å². The fourth-order valence-corrected chi connectivity index (χ4v) is 1.35. The molecular formula is C9H9ClN2O3. The van der Waals surface area contributed by atoms with Crippen LogP contribution in [0.4, 0.5) is 11.4 Å². The number of nitro benzene ring substituents is 1. The normalized spacial score (nSPS) is 9.93. The van der Waals surface area contributed by atoms with Gasteiger partial charge in [0.1, 0.15) is 5.69 Å². The van der Waals surface area contributed by atoms with Gasteiger partial charge in [0.05, 0.1) is 4.92 Å². The first-order chi connectivity index (χ1) is 7.07. The zero-order valence-corrected chi connectivity index (χ0v) is 8.53. The summed E-state index contributed by atoms with van der Waals surface area (Å²) in [5.41, 5.74) is 5.31. The van der Waals surface area contributed by atoms with Gasteiger partial charge in [-0.05, 0) is 6.07 Å². The Hall–Kier alpha value is -1.62. The molecule has 0 atom stereocenters. The van der Waals surface area contributed by atoms with E-state index in [4.69, 9.17) is 17.3 Å². The van der Waals surface area contributed by atoms with Gasteiger partial charge in [-0.15, -0.1) is 11.6 Å². The van der Waals surface area contributed by atoms with Crippen LogP contribution in [0.1, 0.15) is 16.8 Å². The Morgan fingerprint density at radius 1 is 1.53 bits per heavy atom. The van der Waals surface area contributed by atoms with Crippen LogP contribution in [0.15, 0.2) is 18.2 Å². The molecule has 0 spiro atoms. The van der Waals surface area contributed by atoms with Gasteiger partial charge < -0.3 is 5.73 Å². The van der Waals surface area contributed by atoms with E-state index in [0.717, 1.165) is 0 Å². The number of nitrogen functional groups attached to an aromatic ring is 1. The predicted octanol–water partition coefficient (Wildman–Crippen LogP) is 1.99. The second-order valence-corrected chi connectivity index (χ2v) is 3.24. The van der Waals surface area contributed by atoms with Gasteiger partial charge in [-0.2, -0.15) is 0 Å². The molecule has 2 N–H and O–H groups in total. The summed E-state index contributed by atoms with van der Waals surface area (Å²) in [6.45, 7) is 0. The molecule has 0 aliphatic carbocycles. The number of ketones is 1. The summed E-state index contributed by atoms with van der Waals surface area (Å²) in [7, 11) is 0. The molecule has 0 aliphatic heterocycles. The summed E-state index contributed by atoms with van der Waals surface area (Å²) in [5, 5.41) is 10.5. The molecule has 0 saturated heterocycles. The van der Waals surface area contributed by atoms with Gasteiger partial charge in [-0.3, -0.25) is 14.9 Å². The molecular weight excluding hydrogens is 220 g/mol. The van der Waals surface area contributed by atoms with Gasteiger partial charge in [-0.1, -0.05) is 6.07 Å². The monoisotopic (exact) mass is 228 g/mol. The minimum Gasteiger partial charge on any atom is -0.393 e. The van der Waals surface area contributed by atoms with E-state index in [1.165, 1.54) is 18.2 Å². The molecule has 0 radical (unpaired) electrons. The van der Waals surface area contributed by atoms with Crippen molar-refractivity contribution in [1.82, 2.24) is 0 Å². The first-order valence-electron chi connectivity index (χ1n) is 4.20. The first kappa shape index (κ1) is 11.5. The second kappa shape index (κ2) is 4.75. The van der Waals surface area contributed by atoms with E-state index in [2.05, 4.69) is 0 Å². The van der Waals surface area contributed by atoms with Crippen LogP contribution in [0.2, 0.25) is 0 Å². The average molecular weight is 229 g/mol. The average Bonchev–Trinajstić information content (AvgIpc) is 2.17. The smallest absolute Gasteiger partial charge is 0.292 e. The van der Waals surface area contributed by atoms with E-state index in [-0.39, 0.29) is 35.0 Å². The van der Waals surface area contributed by atoms with Crippen LogP contribution < -0.4 is 5.73 Å². The van der Waals surface area contributed by atoms with Crippen molar-refractivity contribution in [2.45, 2.75) is 6.42 Å². The molecule has 15 heavy (non-hydrogen) atoms. The maximum absolute atomic E-state index is 11.5. The fourth-order valence-electron chi connectivity index (χ4n) is 1.18. The molecule has 0 fully saturated rings. The SMILES string of the molecule is Nc1c(C(=O)CCCl)cccc1[N+](=O)[O-]. The third-order valence-electron chi connectivity index (χ3n) is 1.90. The van der Waals surface area contributed by atoms with E-state index in [1.54, 1.807) is 0 Å². The molecule has 80 valence electrons. The minimum absolute atomic E-state index is 0.0994. The number of hydrogen-bond acceptors (Lipinski definition) is 4. The molecule has 6 heteroatoms. The maximum Gasteiger partial charge on any atom is 0.292 e. The molecule has 0 heterocycles. The summed E-state index contributed by atoms with van der Waals surface area (Å²) >= 11 is 5.41. The quantitative estimate of drug-likeness (QED) is 0.281. The highest BCUT2D eigenvalue weighted by Gasteiger charge is 2.18. The number of carbonyl (C=O) groups is 1. The van der Waals surface area contributed by atoms with E-state index in [9.17, 15) is 14.9 Å². The highest BCUT2D eigenvalue weighted by molar-refractivity contribution is 6.20. The van der Waals surface area contributed by atoms with Crippen molar-refractivity contribution in [2.75, 3.05) is 11.6 Å². The van der Waals surface area contributed by atoms with Crippen LogP contribution in [0, 0.1) is 10.1 Å². The van der Waals surface area contributed by atoms with Crippen molar-refractivity contribution in [3.8, 4) is 0 Å². The molecule has 1 rings (SSSR count). The van der Waals surface area contributed by atoms with E-state index < -0.39 is 4.92 Å². The molecule has 0 aromatic heterocycles. The van der Waals surface area contributed by atoms with Crippen LogP contribution >= 0.6 is 11.6 Å². The molecule has 1 aromatic carbocycles. The Labute approximate surface area is 91.0 Å². The number of para-hydroxylation sites is 1. The van der Waals surface area contributed by atoms with Crippen LogP contribution in [-0.4, -0.2) is 16.6 Å². The van der Waals surface area contributed by atoms with Crippen molar-refractivity contribution >= 4 is 28.8 Å². The maximum atomic E-state index is 11.5. The zero-order valence-electron chi connectivity index (χ0n) is 7.77. The van der Waals surface area contributed by atoms with Crippen molar-refractivity contribution in [3.63, 3.8) is 0 Å². The van der Waals surface area contributed by atoms with Gasteiger partial charge >= 0.3 is 0 Å². The van der Waals surface area contributed by atoms with Gasteiger partial charge in [0.15, 0.2) is 5.78 Å². The summed E-state index contributed by atoms with van der Waals surface area (Å²) in [6, 6.07) is 4.14. The lowest BCUT2D eigenvalue weighted by atomic mass is 10.1.